The minimum absolute atomic E-state index is 0.589. The van der Waals surface area contributed by atoms with Crippen LogP contribution in [0.3, 0.4) is 0 Å². The van der Waals surface area contributed by atoms with E-state index < -0.39 is 0 Å². The predicted octanol–water partition coefficient (Wildman–Crippen LogP) is 22.9. The van der Waals surface area contributed by atoms with Crippen LogP contribution in [0.25, 0.3) is 177 Å². The lowest BCUT2D eigenvalue weighted by molar-refractivity contribution is 0.995. The number of hydrogen-bond acceptors (Lipinski definition) is 2. The van der Waals surface area contributed by atoms with Gasteiger partial charge in [0.2, 0.25) is 5.95 Å². The van der Waals surface area contributed by atoms with Gasteiger partial charge in [-0.15, -0.1) is 0 Å². The van der Waals surface area contributed by atoms with E-state index in [0.29, 0.717) is 5.95 Å². The van der Waals surface area contributed by atoms with Crippen molar-refractivity contribution in [2.24, 2.45) is 0 Å². The lowest BCUT2D eigenvalue weighted by Gasteiger charge is -2.14. The van der Waals surface area contributed by atoms with E-state index in [1.807, 2.05) is 0 Å². The Morgan fingerprint density at radius 2 is 0.468 bits per heavy atom. The zero-order valence-electron chi connectivity index (χ0n) is 51.0. The fourth-order valence-corrected chi connectivity index (χ4v) is 14.8. The van der Waals surface area contributed by atoms with Crippen LogP contribution in [0.1, 0.15) is 0 Å². The largest absolute Gasteiger partial charge is 0.309 e. The van der Waals surface area contributed by atoms with Gasteiger partial charge in [-0.2, -0.15) is 0 Å². The molecule has 0 amide bonds. The maximum Gasteiger partial charge on any atom is 0.235 e. The average molecular weight is 1200 g/mol. The molecule has 6 nitrogen and oxygen atoms in total. The molecule has 0 bridgehead atoms. The summed E-state index contributed by atoms with van der Waals surface area (Å²) in [5.74, 6) is 0.589. The number of aromatic nitrogens is 6. The molecule has 0 fully saturated rings. The van der Waals surface area contributed by atoms with Crippen molar-refractivity contribution in [3.8, 4) is 90.0 Å². The van der Waals surface area contributed by atoms with Gasteiger partial charge in [0.05, 0.1) is 55.5 Å². The molecular formula is C88H56N6. The molecule has 0 N–H and O–H groups in total. The fraction of sp³-hybridized carbons (Fsp3) is 0. The summed E-state index contributed by atoms with van der Waals surface area (Å²) in [7, 11) is 0. The minimum Gasteiger partial charge on any atom is -0.309 e. The second-order valence-corrected chi connectivity index (χ2v) is 24.5. The summed E-state index contributed by atoms with van der Waals surface area (Å²) in [6, 6.07) is 123. The van der Waals surface area contributed by atoms with E-state index in [1.165, 1.54) is 65.5 Å². The molecule has 19 aromatic rings. The van der Waals surface area contributed by atoms with Gasteiger partial charge in [-0.05, 0) is 154 Å². The summed E-state index contributed by atoms with van der Waals surface area (Å²) < 4.78 is 9.46. The van der Waals surface area contributed by atoms with Crippen molar-refractivity contribution < 1.29 is 0 Å². The second-order valence-electron chi connectivity index (χ2n) is 24.5. The number of para-hydroxylation sites is 6. The van der Waals surface area contributed by atoms with Crippen LogP contribution in [0.4, 0.5) is 0 Å². The van der Waals surface area contributed by atoms with Crippen molar-refractivity contribution in [3.05, 3.63) is 340 Å². The molecule has 0 saturated heterocycles. The first kappa shape index (κ1) is 53.2. The molecule has 19 rings (SSSR count). The van der Waals surface area contributed by atoms with Gasteiger partial charge in [-0.25, -0.2) is 9.97 Å². The highest BCUT2D eigenvalue weighted by molar-refractivity contribution is 6.14. The first-order chi connectivity index (χ1) is 46.6. The molecule has 0 saturated carbocycles. The lowest BCUT2D eigenvalue weighted by Crippen LogP contribution is -2.04. The molecule has 94 heavy (non-hydrogen) atoms. The molecule has 14 aromatic carbocycles. The smallest absolute Gasteiger partial charge is 0.235 e. The molecule has 0 aliphatic carbocycles. The maximum atomic E-state index is 5.71. The van der Waals surface area contributed by atoms with Gasteiger partial charge in [0.25, 0.3) is 0 Å². The standard InChI is InChI=1S/C88H56N6/c1-4-20-57(21-5-1)58-38-40-59(41-39-58)60-22-18-23-65(50-60)78-56-79(90-88(89-78)94-83-37-17-11-31-71(83)75-47-43-64(55-87(75)94)62-45-49-85-77(53-62)73-33-13-16-36-82(73)92(85)68-27-8-3-9-28-68)66-24-19-29-69(51-66)93-80-34-14-10-30-70(80)74-46-42-63(54-86(74)93)61-44-48-84-76(52-61)72-32-12-15-35-81(72)91(84)67-25-6-2-7-26-67/h1-56H. The summed E-state index contributed by atoms with van der Waals surface area (Å²) in [5.41, 5.74) is 25.1. The first-order valence-corrected chi connectivity index (χ1v) is 32.1. The summed E-state index contributed by atoms with van der Waals surface area (Å²) >= 11 is 0. The van der Waals surface area contributed by atoms with E-state index in [0.717, 1.165) is 106 Å². The van der Waals surface area contributed by atoms with Crippen molar-refractivity contribution in [3.63, 3.8) is 0 Å². The zero-order chi connectivity index (χ0) is 61.8. The lowest BCUT2D eigenvalue weighted by atomic mass is 9.98. The Bertz CT molecular complexity index is 6210. The van der Waals surface area contributed by atoms with Crippen LogP contribution >= 0.6 is 0 Å². The van der Waals surface area contributed by atoms with Gasteiger partial charge in [0.1, 0.15) is 0 Å². The van der Waals surface area contributed by atoms with Crippen LogP contribution in [-0.2, 0) is 0 Å². The van der Waals surface area contributed by atoms with Crippen LogP contribution in [0.2, 0.25) is 0 Å². The number of benzene rings is 14. The Kier molecular flexibility index (Phi) is 12.2. The normalized spacial score (nSPS) is 11.8. The number of hydrogen-bond donors (Lipinski definition) is 0. The molecule has 0 unspecified atom stereocenters. The summed E-state index contributed by atoms with van der Waals surface area (Å²) in [6.07, 6.45) is 0. The number of rotatable bonds is 10. The molecular weight excluding hydrogens is 1140 g/mol. The highest BCUT2D eigenvalue weighted by Gasteiger charge is 2.22. The van der Waals surface area contributed by atoms with Crippen molar-refractivity contribution in [2.45, 2.75) is 0 Å². The number of fused-ring (bicyclic) bond motifs is 12. The first-order valence-electron chi connectivity index (χ1n) is 32.1. The Morgan fingerprint density at radius 3 is 0.989 bits per heavy atom. The van der Waals surface area contributed by atoms with Gasteiger partial charge in [0, 0.05) is 71.3 Å². The number of nitrogens with zero attached hydrogens (tertiary/aromatic N) is 6. The van der Waals surface area contributed by atoms with Crippen LogP contribution < -0.4 is 0 Å². The highest BCUT2D eigenvalue weighted by atomic mass is 15.2. The van der Waals surface area contributed by atoms with E-state index in [-0.39, 0.29) is 0 Å². The van der Waals surface area contributed by atoms with E-state index in [1.54, 1.807) is 0 Å². The van der Waals surface area contributed by atoms with Crippen LogP contribution in [0.15, 0.2) is 340 Å². The Morgan fingerprint density at radius 1 is 0.160 bits per heavy atom. The van der Waals surface area contributed by atoms with Crippen LogP contribution in [0, 0.1) is 0 Å². The minimum atomic E-state index is 0.589. The molecule has 6 heteroatoms. The topological polar surface area (TPSA) is 45.5 Å². The summed E-state index contributed by atoms with van der Waals surface area (Å²) in [5, 5.41) is 9.53. The third-order valence-corrected chi connectivity index (χ3v) is 19.2. The van der Waals surface area contributed by atoms with E-state index in [9.17, 15) is 0 Å². The van der Waals surface area contributed by atoms with Crippen LogP contribution in [0.5, 0.6) is 0 Å². The monoisotopic (exact) mass is 1200 g/mol. The van der Waals surface area contributed by atoms with Gasteiger partial charge in [0.15, 0.2) is 0 Å². The van der Waals surface area contributed by atoms with Crippen molar-refractivity contribution in [1.29, 1.82) is 0 Å². The van der Waals surface area contributed by atoms with Crippen molar-refractivity contribution in [2.75, 3.05) is 0 Å². The molecule has 5 aromatic heterocycles. The average Bonchev–Trinajstić information content (AvgIpc) is 1.59. The van der Waals surface area contributed by atoms with Crippen molar-refractivity contribution in [1.82, 2.24) is 28.2 Å². The molecule has 0 spiro atoms. The molecule has 0 aliphatic rings. The van der Waals surface area contributed by atoms with E-state index in [2.05, 4.69) is 358 Å². The Balaban J connectivity index is 0.778. The molecule has 5 heterocycles. The predicted molar refractivity (Wildman–Crippen MR) is 392 cm³/mol. The Labute approximate surface area is 542 Å². The molecule has 0 radical (unpaired) electrons. The summed E-state index contributed by atoms with van der Waals surface area (Å²) in [6.45, 7) is 0. The Hall–Kier alpha value is -12.6. The zero-order valence-corrected chi connectivity index (χ0v) is 51.0. The second kappa shape index (κ2) is 21.5. The van der Waals surface area contributed by atoms with Crippen LogP contribution in [-0.4, -0.2) is 28.2 Å². The molecule has 0 atom stereocenters. The van der Waals surface area contributed by atoms with Gasteiger partial charge in [-0.1, -0.05) is 231 Å². The van der Waals surface area contributed by atoms with Gasteiger partial charge >= 0.3 is 0 Å². The quantitative estimate of drug-likeness (QED) is 0.137. The van der Waals surface area contributed by atoms with E-state index >= 15 is 0 Å². The van der Waals surface area contributed by atoms with Crippen molar-refractivity contribution >= 4 is 87.2 Å². The fourth-order valence-electron chi connectivity index (χ4n) is 14.8. The summed E-state index contributed by atoms with van der Waals surface area (Å²) in [4.78, 5) is 11.4. The van der Waals surface area contributed by atoms with Gasteiger partial charge in [-0.3, -0.25) is 4.57 Å². The van der Waals surface area contributed by atoms with Gasteiger partial charge < -0.3 is 13.7 Å². The SMILES string of the molecule is c1ccc(-c2ccc(-c3cccc(-c4cc(-c5cccc(-n6c7ccccc7c7ccc(-c8ccc9c(c8)c8ccccc8n9-c8ccccc8)cc76)c5)nc(-n5c6ccccc6c6ccc(-c7ccc8c(c7)c7ccccc7n8-c7ccccc7)cc65)n4)c3)cc2)cc1. The third kappa shape index (κ3) is 8.65. The maximum absolute atomic E-state index is 5.71. The molecule has 438 valence electrons. The third-order valence-electron chi connectivity index (χ3n) is 19.2. The molecule has 0 aliphatic heterocycles. The highest BCUT2D eigenvalue weighted by Crippen LogP contribution is 2.42. The van der Waals surface area contributed by atoms with E-state index in [4.69, 9.17) is 9.97 Å².